The lowest BCUT2D eigenvalue weighted by Gasteiger charge is -2.42. The summed E-state index contributed by atoms with van der Waals surface area (Å²) in [7, 11) is 0. The highest BCUT2D eigenvalue weighted by Crippen LogP contribution is 2.35. The van der Waals surface area contributed by atoms with Crippen LogP contribution in [0.25, 0.3) is 0 Å². The van der Waals surface area contributed by atoms with Crippen molar-refractivity contribution in [3.63, 3.8) is 0 Å². The second-order valence-electron chi connectivity index (χ2n) is 10.9. The van der Waals surface area contributed by atoms with Crippen molar-refractivity contribution in [2.24, 2.45) is 5.92 Å². The van der Waals surface area contributed by atoms with E-state index in [1.165, 1.54) is 6.07 Å². The number of likely N-dealkylation sites (tertiary alicyclic amines) is 1. The summed E-state index contributed by atoms with van der Waals surface area (Å²) >= 11 is 6.33. The minimum Gasteiger partial charge on any atom is -0.502 e. The first-order chi connectivity index (χ1) is 18.4. The Morgan fingerprint density at radius 1 is 0.850 bits per heavy atom. The molecule has 2 fully saturated rings. The number of piperazine rings is 1. The van der Waals surface area contributed by atoms with Crippen LogP contribution in [0.4, 0.5) is 0 Å². The number of aromatic hydroxyl groups is 1. The summed E-state index contributed by atoms with van der Waals surface area (Å²) in [6.45, 7) is 7.48. The molecule has 0 spiro atoms. The third kappa shape index (κ3) is 6.59. The lowest BCUT2D eigenvalue weighted by molar-refractivity contribution is 0.100. The molecule has 11 heteroatoms. The van der Waals surface area contributed by atoms with E-state index in [0.717, 1.165) is 75.1 Å². The van der Waals surface area contributed by atoms with Gasteiger partial charge in [-0.3, -0.25) is 24.3 Å². The van der Waals surface area contributed by atoms with Gasteiger partial charge in [-0.05, 0) is 30.0 Å². The van der Waals surface area contributed by atoms with Gasteiger partial charge in [-0.1, -0.05) is 35.9 Å². The van der Waals surface area contributed by atoms with E-state index in [-0.39, 0.29) is 36.1 Å². The van der Waals surface area contributed by atoms with Gasteiger partial charge in [0.1, 0.15) is 5.76 Å². The quantitative estimate of drug-likeness (QED) is 0.453. The molecule has 2 aromatic heterocycles. The molecular formula is C29H35Cl3N4O4. The molecule has 2 atom stereocenters. The van der Waals surface area contributed by atoms with E-state index in [0.29, 0.717) is 36.4 Å². The molecule has 0 amide bonds. The Balaban J connectivity index is 0.00000185. The molecule has 2 saturated heterocycles. The van der Waals surface area contributed by atoms with Crippen LogP contribution >= 0.6 is 36.4 Å². The van der Waals surface area contributed by atoms with Gasteiger partial charge in [0.25, 0.3) is 5.56 Å². The Morgan fingerprint density at radius 2 is 1.57 bits per heavy atom. The van der Waals surface area contributed by atoms with E-state index >= 15 is 0 Å². The fourth-order valence-electron chi connectivity index (χ4n) is 6.29. The largest absolute Gasteiger partial charge is 0.502 e. The minimum atomic E-state index is -0.396. The van der Waals surface area contributed by atoms with Gasteiger partial charge in [-0.2, -0.15) is 0 Å². The molecule has 6 rings (SSSR count). The zero-order valence-corrected chi connectivity index (χ0v) is 24.6. The molecule has 3 aromatic rings. The number of piperidine rings is 1. The summed E-state index contributed by atoms with van der Waals surface area (Å²) in [6.07, 6.45) is 1.08. The number of fused-ring (bicyclic) bond motifs is 4. The average molecular weight is 610 g/mol. The smallest absolute Gasteiger partial charge is 0.250 e. The summed E-state index contributed by atoms with van der Waals surface area (Å²) in [5, 5.41) is 11.3. The fourth-order valence-corrected chi connectivity index (χ4v) is 6.49. The van der Waals surface area contributed by atoms with Crippen LogP contribution in [0.5, 0.6) is 5.75 Å². The number of aromatic nitrogens is 1. The number of nitrogens with zero attached hydrogens (tertiary/aromatic N) is 4. The zero-order valence-electron chi connectivity index (χ0n) is 22.2. The van der Waals surface area contributed by atoms with E-state index in [9.17, 15) is 14.7 Å². The third-order valence-corrected chi connectivity index (χ3v) is 8.53. The zero-order chi connectivity index (χ0) is 26.2. The molecule has 216 valence electrons. The van der Waals surface area contributed by atoms with Crippen molar-refractivity contribution in [3.05, 3.63) is 96.9 Å². The van der Waals surface area contributed by atoms with Gasteiger partial charge in [-0.25, -0.2) is 0 Å². The predicted octanol–water partition coefficient (Wildman–Crippen LogP) is 3.94. The number of pyridine rings is 1. The second kappa shape index (κ2) is 13.1. The van der Waals surface area contributed by atoms with Crippen molar-refractivity contribution in [1.82, 2.24) is 19.3 Å². The van der Waals surface area contributed by atoms with Crippen LogP contribution in [-0.2, 0) is 26.2 Å². The Kier molecular flexibility index (Phi) is 10.0. The van der Waals surface area contributed by atoms with Crippen LogP contribution in [0.3, 0.4) is 0 Å². The van der Waals surface area contributed by atoms with Crippen molar-refractivity contribution in [3.8, 4) is 5.75 Å². The molecule has 1 aromatic carbocycles. The number of rotatable bonds is 6. The number of halogens is 3. The van der Waals surface area contributed by atoms with Crippen LogP contribution in [0, 0.1) is 5.92 Å². The van der Waals surface area contributed by atoms with E-state index in [4.69, 9.17) is 16.0 Å². The molecular weight excluding hydrogens is 575 g/mol. The Hall–Kier alpha value is -2.33. The first-order valence-electron chi connectivity index (χ1n) is 13.4. The molecule has 0 saturated carbocycles. The lowest BCUT2D eigenvalue weighted by atomic mass is 9.83. The maximum absolute atomic E-state index is 12.6. The molecule has 1 N–H and O–H groups in total. The van der Waals surface area contributed by atoms with Gasteiger partial charge >= 0.3 is 0 Å². The first kappa shape index (κ1) is 30.6. The van der Waals surface area contributed by atoms with Crippen LogP contribution < -0.4 is 11.0 Å². The average Bonchev–Trinajstić information content (AvgIpc) is 2.90. The SMILES string of the molecule is Cl.Cl.O=c1cc(CN2C[C@@H]3C[C@H](C2)c2cccc(=O)n2C3)oc(CN2CCN(Cc3ccccc3Cl)CC2)c1O. The molecule has 5 heterocycles. The van der Waals surface area contributed by atoms with Crippen LogP contribution in [0.2, 0.25) is 5.02 Å². The molecule has 0 unspecified atom stereocenters. The first-order valence-corrected chi connectivity index (χ1v) is 13.8. The highest BCUT2D eigenvalue weighted by molar-refractivity contribution is 6.31. The van der Waals surface area contributed by atoms with Gasteiger partial charge in [0.15, 0.2) is 5.76 Å². The maximum atomic E-state index is 12.6. The van der Waals surface area contributed by atoms with Crippen molar-refractivity contribution < 1.29 is 9.52 Å². The summed E-state index contributed by atoms with van der Waals surface area (Å²) in [4.78, 5) is 31.8. The fraction of sp³-hybridized carbons (Fsp3) is 0.448. The third-order valence-electron chi connectivity index (χ3n) is 8.16. The predicted molar refractivity (Wildman–Crippen MR) is 160 cm³/mol. The van der Waals surface area contributed by atoms with Gasteiger partial charge < -0.3 is 14.1 Å². The van der Waals surface area contributed by atoms with E-state index in [1.54, 1.807) is 6.07 Å². The maximum Gasteiger partial charge on any atom is 0.250 e. The number of hydrogen-bond acceptors (Lipinski definition) is 7. The second-order valence-corrected chi connectivity index (χ2v) is 11.3. The molecule has 2 bridgehead atoms. The Labute approximate surface area is 251 Å². The normalized spacial score (nSPS) is 21.2. The van der Waals surface area contributed by atoms with Crippen LogP contribution in [0.1, 0.15) is 35.1 Å². The summed E-state index contributed by atoms with van der Waals surface area (Å²) < 4.78 is 8.04. The molecule has 0 radical (unpaired) electrons. The molecule has 8 nitrogen and oxygen atoms in total. The van der Waals surface area contributed by atoms with Crippen molar-refractivity contribution >= 4 is 36.4 Å². The monoisotopic (exact) mass is 608 g/mol. The van der Waals surface area contributed by atoms with Crippen molar-refractivity contribution in [2.75, 3.05) is 39.3 Å². The minimum absolute atomic E-state index is 0. The topological polar surface area (TPSA) is 82.2 Å². The van der Waals surface area contributed by atoms with Gasteiger partial charge in [0.05, 0.1) is 13.1 Å². The number of hydrogen-bond donors (Lipinski definition) is 1. The molecule has 0 aliphatic carbocycles. The number of benzene rings is 1. The Morgan fingerprint density at radius 3 is 2.33 bits per heavy atom. The van der Waals surface area contributed by atoms with Gasteiger partial charge in [0, 0.05) is 81.1 Å². The molecule has 3 aliphatic heterocycles. The highest BCUT2D eigenvalue weighted by atomic mass is 35.5. The van der Waals surface area contributed by atoms with E-state index in [2.05, 4.69) is 26.8 Å². The summed E-state index contributed by atoms with van der Waals surface area (Å²) in [5.41, 5.74) is 1.90. The van der Waals surface area contributed by atoms with Gasteiger partial charge in [0.2, 0.25) is 11.2 Å². The van der Waals surface area contributed by atoms with E-state index < -0.39 is 5.43 Å². The molecule has 3 aliphatic rings. The summed E-state index contributed by atoms with van der Waals surface area (Å²) in [5.74, 6) is 1.30. The van der Waals surface area contributed by atoms with E-state index in [1.807, 2.05) is 28.8 Å². The standard InChI is InChI=1S/C29H33ClN4O4.2ClH/c30-24-5-2-1-4-21(24)16-31-8-10-32(11-9-31)19-27-29(37)26(35)13-23(38-27)18-33-14-20-12-22(17-33)25-6-3-7-28(36)34(25)15-20;;/h1-7,13,20,22,37H,8-12,14-19H2;2*1H/t20-,22+;;/m0../s1. The van der Waals surface area contributed by atoms with Crippen LogP contribution in [0.15, 0.2) is 62.5 Å². The highest BCUT2D eigenvalue weighted by Gasteiger charge is 2.34. The molecule has 40 heavy (non-hydrogen) atoms. The van der Waals surface area contributed by atoms with Crippen LogP contribution in [-0.4, -0.2) is 63.6 Å². The summed E-state index contributed by atoms with van der Waals surface area (Å²) in [6, 6.07) is 14.9. The Bertz CT molecular complexity index is 1440. The van der Waals surface area contributed by atoms with Gasteiger partial charge in [-0.15, -0.1) is 24.8 Å². The van der Waals surface area contributed by atoms with Crippen molar-refractivity contribution in [1.29, 1.82) is 0 Å². The van der Waals surface area contributed by atoms with Crippen molar-refractivity contribution in [2.45, 2.75) is 38.5 Å². The lowest BCUT2D eigenvalue weighted by Crippen LogP contribution is -2.46.